The molecule has 0 fully saturated rings. The van der Waals surface area contributed by atoms with Crippen LogP contribution in [0.1, 0.15) is 76.7 Å². The van der Waals surface area contributed by atoms with Crippen LogP contribution in [-0.4, -0.2) is 28.1 Å². The molecule has 0 aliphatic heterocycles. The van der Waals surface area contributed by atoms with E-state index in [1.165, 1.54) is 62.3 Å². The number of nitro groups is 3. The second-order valence-corrected chi connectivity index (χ2v) is 19.0. The molecule has 2 aromatic heterocycles. The fraction of sp³-hybridized carbons (Fsp3) is 0.186. The van der Waals surface area contributed by atoms with Crippen LogP contribution in [0.3, 0.4) is 0 Å². The molecule has 0 saturated carbocycles. The van der Waals surface area contributed by atoms with Crippen molar-refractivity contribution in [2.75, 3.05) is 4.90 Å². The van der Waals surface area contributed by atoms with Gasteiger partial charge in [-0.1, -0.05) is 125 Å². The van der Waals surface area contributed by atoms with Crippen molar-refractivity contribution in [3.8, 4) is 39.1 Å². The number of nitrogens with zero attached hydrogens (tertiary/aromatic N) is 7. The summed E-state index contributed by atoms with van der Waals surface area (Å²) in [7, 11) is 0. The zero-order chi connectivity index (χ0) is 50.6. The minimum absolute atomic E-state index is 0.00354. The summed E-state index contributed by atoms with van der Waals surface area (Å²) in [5, 5.41) is 37.6. The molecular formula is C59H51N7O6S. The maximum atomic E-state index is 12.1. The highest BCUT2D eigenvalue weighted by Crippen LogP contribution is 2.44. The van der Waals surface area contributed by atoms with Gasteiger partial charge in [0.1, 0.15) is 11.0 Å². The molecule has 8 aromatic carbocycles. The smallest absolute Gasteiger partial charge is 0.271 e. The standard InChI is InChI=1S/C59H51N7O6S/c1-3-5-7-12-39(13-8-6-4-2)44-25-32-55-54(36-44)53-30-24-45(37-57(53)63(55)48-16-11-19-51(38-48)66(71)72)52-31-33-56(59-58(52)60-73-61-59)62(46-26-20-40(21-27-46)42-14-9-17-49(34-42)64(67)68)47-28-22-41(23-29-47)43-15-10-18-50(35-43)65(69)70/h9-11,14-39H,3-8,12-13H2,1-2H3. The fourth-order valence-electron chi connectivity index (χ4n) is 10.1. The average molecular weight is 986 g/mol. The van der Waals surface area contributed by atoms with Crippen molar-refractivity contribution in [1.82, 2.24) is 13.3 Å². The van der Waals surface area contributed by atoms with E-state index in [-0.39, 0.29) is 22.0 Å². The average Bonchev–Trinajstić information content (AvgIpc) is 4.04. The second-order valence-electron chi connectivity index (χ2n) is 18.4. The molecule has 0 bridgehead atoms. The van der Waals surface area contributed by atoms with Crippen LogP contribution in [0.5, 0.6) is 0 Å². The molecule has 0 aliphatic rings. The third-order valence-corrected chi connectivity index (χ3v) is 14.4. The van der Waals surface area contributed by atoms with Gasteiger partial charge in [-0.3, -0.25) is 30.3 Å². The molecule has 73 heavy (non-hydrogen) atoms. The van der Waals surface area contributed by atoms with Crippen LogP contribution in [0.25, 0.3) is 71.9 Å². The van der Waals surface area contributed by atoms with Gasteiger partial charge in [-0.25, -0.2) is 0 Å². The lowest BCUT2D eigenvalue weighted by atomic mass is 9.87. The molecule has 2 heterocycles. The Labute approximate surface area is 425 Å². The van der Waals surface area contributed by atoms with Crippen LogP contribution in [-0.2, 0) is 0 Å². The van der Waals surface area contributed by atoms with Crippen molar-refractivity contribution in [2.45, 2.75) is 71.1 Å². The van der Waals surface area contributed by atoms with Gasteiger partial charge in [-0.2, -0.15) is 8.75 Å². The molecule has 0 atom stereocenters. The van der Waals surface area contributed by atoms with Crippen LogP contribution in [0.4, 0.5) is 34.1 Å². The SMILES string of the molecule is CCCCCC(CCCCC)c1ccc2c(c1)c1ccc(-c3ccc(N(c4ccc(-c5cccc([N+](=O)[O-])c5)cc4)c4ccc(-c5cccc([N+](=O)[O-])c5)cc4)c4nsnc34)cc1n2-c1cccc([N+](=O)[O-])c1. The van der Waals surface area contributed by atoms with Crippen molar-refractivity contribution in [3.63, 3.8) is 0 Å². The highest BCUT2D eigenvalue weighted by Gasteiger charge is 2.23. The van der Waals surface area contributed by atoms with Gasteiger partial charge in [0, 0.05) is 64.1 Å². The molecule has 0 spiro atoms. The normalized spacial score (nSPS) is 11.5. The van der Waals surface area contributed by atoms with Crippen molar-refractivity contribution < 1.29 is 14.8 Å². The Hall–Kier alpha value is -8.62. The topological polar surface area (TPSA) is 163 Å². The summed E-state index contributed by atoms with van der Waals surface area (Å²) >= 11 is 1.11. The number of hydrogen-bond acceptors (Lipinski definition) is 10. The number of anilines is 3. The third-order valence-electron chi connectivity index (χ3n) is 13.9. The minimum atomic E-state index is -0.404. The van der Waals surface area contributed by atoms with Gasteiger partial charge in [-0.15, -0.1) is 0 Å². The number of nitro benzene ring substituents is 3. The van der Waals surface area contributed by atoms with Crippen LogP contribution in [0, 0.1) is 30.3 Å². The van der Waals surface area contributed by atoms with E-state index in [9.17, 15) is 30.3 Å². The van der Waals surface area contributed by atoms with Crippen LogP contribution >= 0.6 is 11.7 Å². The van der Waals surface area contributed by atoms with Crippen LogP contribution in [0.15, 0.2) is 170 Å². The van der Waals surface area contributed by atoms with Crippen molar-refractivity contribution in [2.24, 2.45) is 0 Å². The number of hydrogen-bond donors (Lipinski definition) is 0. The first-order chi connectivity index (χ1) is 35.6. The zero-order valence-corrected chi connectivity index (χ0v) is 41.2. The summed E-state index contributed by atoms with van der Waals surface area (Å²) < 4.78 is 12.0. The number of benzene rings is 8. The van der Waals surface area contributed by atoms with Gasteiger partial charge in [-0.05, 0) is 113 Å². The summed E-state index contributed by atoms with van der Waals surface area (Å²) in [6.45, 7) is 4.49. The molecular weight excluding hydrogens is 935 g/mol. The molecule has 0 aliphatic carbocycles. The van der Waals surface area contributed by atoms with Gasteiger partial charge >= 0.3 is 0 Å². The Kier molecular flexibility index (Phi) is 13.8. The summed E-state index contributed by atoms with van der Waals surface area (Å²) in [6.07, 6.45) is 9.40. The van der Waals surface area contributed by atoms with Crippen molar-refractivity contribution in [1.29, 1.82) is 0 Å². The number of rotatable bonds is 19. The minimum Gasteiger partial charge on any atom is -0.309 e. The molecule has 0 radical (unpaired) electrons. The zero-order valence-electron chi connectivity index (χ0n) is 40.4. The molecule has 364 valence electrons. The van der Waals surface area contributed by atoms with E-state index < -0.39 is 9.85 Å². The summed E-state index contributed by atoms with van der Waals surface area (Å²) in [6, 6.07) is 52.8. The Morgan fingerprint density at radius 2 is 1.05 bits per heavy atom. The molecule has 13 nitrogen and oxygen atoms in total. The van der Waals surface area contributed by atoms with E-state index in [2.05, 4.69) is 65.8 Å². The number of non-ortho nitro benzene ring substituents is 3. The monoisotopic (exact) mass is 985 g/mol. The Balaban J connectivity index is 1.10. The Morgan fingerprint density at radius 3 is 1.63 bits per heavy atom. The van der Waals surface area contributed by atoms with Crippen LogP contribution in [0.2, 0.25) is 0 Å². The maximum Gasteiger partial charge on any atom is 0.271 e. The summed E-state index contributed by atoms with van der Waals surface area (Å²) in [4.78, 5) is 36.3. The summed E-state index contributed by atoms with van der Waals surface area (Å²) in [5.41, 5.74) is 12.4. The second kappa shape index (κ2) is 21.0. The predicted molar refractivity (Wildman–Crippen MR) is 294 cm³/mol. The van der Waals surface area contributed by atoms with Gasteiger partial charge in [0.05, 0.1) is 48.9 Å². The molecule has 0 unspecified atom stereocenters. The van der Waals surface area contributed by atoms with Gasteiger partial charge in [0.15, 0.2) is 0 Å². The molecule has 14 heteroatoms. The van der Waals surface area contributed by atoms with Gasteiger partial charge in [0.2, 0.25) is 0 Å². The lowest BCUT2D eigenvalue weighted by Crippen LogP contribution is -2.10. The molecule has 0 N–H and O–H groups in total. The first-order valence-corrected chi connectivity index (χ1v) is 25.4. The van der Waals surface area contributed by atoms with Crippen LogP contribution < -0.4 is 4.90 Å². The molecule has 0 amide bonds. The van der Waals surface area contributed by atoms with E-state index in [1.54, 1.807) is 36.4 Å². The molecule has 10 aromatic rings. The first kappa shape index (κ1) is 48.0. The largest absolute Gasteiger partial charge is 0.309 e. The third kappa shape index (κ3) is 9.76. The van der Waals surface area contributed by atoms with Gasteiger partial charge < -0.3 is 9.47 Å². The first-order valence-electron chi connectivity index (χ1n) is 24.7. The van der Waals surface area contributed by atoms with E-state index in [1.807, 2.05) is 72.8 Å². The van der Waals surface area contributed by atoms with Crippen molar-refractivity contribution >= 4 is 78.7 Å². The van der Waals surface area contributed by atoms with E-state index in [0.717, 1.165) is 85.7 Å². The lowest BCUT2D eigenvalue weighted by molar-refractivity contribution is -0.385. The predicted octanol–water partition coefficient (Wildman–Crippen LogP) is 17.2. The van der Waals surface area contributed by atoms with E-state index in [4.69, 9.17) is 8.75 Å². The quantitative estimate of drug-likeness (QED) is 0.0436. The van der Waals surface area contributed by atoms with Crippen molar-refractivity contribution in [3.05, 3.63) is 206 Å². The lowest BCUT2D eigenvalue weighted by Gasteiger charge is -2.26. The molecule has 10 rings (SSSR count). The Morgan fingerprint density at radius 1 is 0.507 bits per heavy atom. The number of unbranched alkanes of at least 4 members (excludes halogenated alkanes) is 4. The summed E-state index contributed by atoms with van der Waals surface area (Å²) in [5.74, 6) is 0.443. The van der Waals surface area contributed by atoms with Gasteiger partial charge in [0.25, 0.3) is 17.1 Å². The number of fused-ring (bicyclic) bond motifs is 4. The maximum absolute atomic E-state index is 12.1. The molecule has 0 saturated heterocycles. The van der Waals surface area contributed by atoms with E-state index >= 15 is 0 Å². The highest BCUT2D eigenvalue weighted by atomic mass is 32.1. The Bertz CT molecular complexity index is 3570. The highest BCUT2D eigenvalue weighted by molar-refractivity contribution is 7.00. The number of aromatic nitrogens is 3. The van der Waals surface area contributed by atoms with E-state index in [0.29, 0.717) is 33.8 Å². The fourth-order valence-corrected chi connectivity index (χ4v) is 10.7.